The van der Waals surface area contributed by atoms with Crippen molar-refractivity contribution in [2.45, 2.75) is 58.3 Å². The Kier molecular flexibility index (Phi) is 10.1. The second-order valence-electron chi connectivity index (χ2n) is 5.34. The van der Waals surface area contributed by atoms with Crippen molar-refractivity contribution >= 4 is 16.9 Å². The summed E-state index contributed by atoms with van der Waals surface area (Å²) in [5, 5.41) is 0.167. The molecule has 0 aromatic heterocycles. The van der Waals surface area contributed by atoms with Crippen molar-refractivity contribution in [3.8, 4) is 5.75 Å². The van der Waals surface area contributed by atoms with Gasteiger partial charge in [0.05, 0.1) is 7.11 Å². The number of methoxy groups -OCH3 is 1. The summed E-state index contributed by atoms with van der Waals surface area (Å²) >= 11 is 1.44. The highest BCUT2D eigenvalue weighted by Gasteiger charge is 2.06. The summed E-state index contributed by atoms with van der Waals surface area (Å²) in [5.41, 5.74) is 0.764. The summed E-state index contributed by atoms with van der Waals surface area (Å²) in [6.07, 6.45) is 10.5. The van der Waals surface area contributed by atoms with Crippen LogP contribution in [0.2, 0.25) is 0 Å². The fourth-order valence-corrected chi connectivity index (χ4v) is 3.05. The summed E-state index contributed by atoms with van der Waals surface area (Å²) in [5.74, 6) is 1.72. The number of rotatable bonds is 11. The third-order valence-electron chi connectivity index (χ3n) is 3.56. The molecule has 0 aliphatic carbocycles. The summed E-state index contributed by atoms with van der Waals surface area (Å²) in [6, 6.07) is 7.35. The van der Waals surface area contributed by atoms with E-state index in [4.69, 9.17) is 4.74 Å². The van der Waals surface area contributed by atoms with Gasteiger partial charge in [-0.1, -0.05) is 63.6 Å². The van der Waals surface area contributed by atoms with Crippen LogP contribution in [0.1, 0.15) is 68.6 Å². The number of carbonyl (C=O) groups excluding carboxylic acids is 1. The van der Waals surface area contributed by atoms with Gasteiger partial charge >= 0.3 is 0 Å². The van der Waals surface area contributed by atoms with Crippen LogP contribution < -0.4 is 4.74 Å². The first-order valence-corrected chi connectivity index (χ1v) is 9.07. The lowest BCUT2D eigenvalue weighted by Crippen LogP contribution is -1.95. The van der Waals surface area contributed by atoms with Gasteiger partial charge in [-0.2, -0.15) is 0 Å². The Hall–Kier alpha value is -0.960. The monoisotopic (exact) mass is 308 g/mol. The Morgan fingerprint density at radius 1 is 0.952 bits per heavy atom. The largest absolute Gasteiger partial charge is 0.497 e. The second-order valence-corrected chi connectivity index (χ2v) is 6.41. The molecule has 118 valence electrons. The minimum absolute atomic E-state index is 0.167. The molecule has 0 unspecified atom stereocenters. The third kappa shape index (κ3) is 8.15. The van der Waals surface area contributed by atoms with Crippen LogP contribution in [-0.4, -0.2) is 18.0 Å². The lowest BCUT2D eigenvalue weighted by Gasteiger charge is -2.03. The van der Waals surface area contributed by atoms with Crippen molar-refractivity contribution in [1.82, 2.24) is 0 Å². The minimum Gasteiger partial charge on any atom is -0.497 e. The Morgan fingerprint density at radius 2 is 1.52 bits per heavy atom. The van der Waals surface area contributed by atoms with Crippen molar-refractivity contribution in [3.05, 3.63) is 29.8 Å². The second kappa shape index (κ2) is 11.7. The Balaban J connectivity index is 2.05. The molecule has 0 spiro atoms. The number of hydrogen-bond acceptors (Lipinski definition) is 3. The predicted molar refractivity (Wildman–Crippen MR) is 92.4 cm³/mol. The van der Waals surface area contributed by atoms with Crippen LogP contribution in [0.4, 0.5) is 0 Å². The van der Waals surface area contributed by atoms with Crippen molar-refractivity contribution < 1.29 is 9.53 Å². The average Bonchev–Trinajstić information content (AvgIpc) is 2.53. The van der Waals surface area contributed by atoms with E-state index in [-0.39, 0.29) is 5.12 Å². The zero-order valence-electron chi connectivity index (χ0n) is 13.4. The van der Waals surface area contributed by atoms with Crippen LogP contribution in [0, 0.1) is 0 Å². The SMILES string of the molecule is CCCCCCCCCCSC(=O)c1ccc(OC)cc1. The number of unbranched alkanes of at least 4 members (excludes halogenated alkanes) is 7. The van der Waals surface area contributed by atoms with Gasteiger partial charge in [-0.3, -0.25) is 4.79 Å². The van der Waals surface area contributed by atoms with E-state index < -0.39 is 0 Å². The first kappa shape index (κ1) is 18.1. The van der Waals surface area contributed by atoms with Gasteiger partial charge in [-0.05, 0) is 30.7 Å². The van der Waals surface area contributed by atoms with E-state index in [0.717, 1.165) is 23.5 Å². The highest BCUT2D eigenvalue weighted by Crippen LogP contribution is 2.18. The van der Waals surface area contributed by atoms with Crippen LogP contribution in [0.25, 0.3) is 0 Å². The fourth-order valence-electron chi connectivity index (χ4n) is 2.21. The summed E-state index contributed by atoms with van der Waals surface area (Å²) in [6.45, 7) is 2.25. The molecule has 1 rings (SSSR count). The maximum Gasteiger partial charge on any atom is 0.219 e. The van der Waals surface area contributed by atoms with Crippen LogP contribution in [0.5, 0.6) is 5.75 Å². The maximum atomic E-state index is 12.0. The normalized spacial score (nSPS) is 10.6. The number of carbonyl (C=O) groups is 1. The first-order valence-electron chi connectivity index (χ1n) is 8.09. The Bertz CT molecular complexity index is 387. The highest BCUT2D eigenvalue weighted by molar-refractivity contribution is 8.14. The number of thioether (sulfide) groups is 1. The molecule has 0 aliphatic heterocycles. The molecule has 0 radical (unpaired) electrons. The van der Waals surface area contributed by atoms with Crippen molar-refractivity contribution in [1.29, 1.82) is 0 Å². The molecule has 2 nitrogen and oxygen atoms in total. The van der Waals surface area contributed by atoms with Crippen LogP contribution >= 0.6 is 11.8 Å². The first-order chi connectivity index (χ1) is 10.3. The molecule has 0 amide bonds. The number of benzene rings is 1. The molecule has 3 heteroatoms. The molecule has 0 N–H and O–H groups in total. The third-order valence-corrected chi connectivity index (χ3v) is 4.55. The van der Waals surface area contributed by atoms with Gasteiger partial charge in [0.2, 0.25) is 5.12 Å². The number of ether oxygens (including phenoxy) is 1. The molecule has 0 heterocycles. The van der Waals surface area contributed by atoms with E-state index >= 15 is 0 Å². The lowest BCUT2D eigenvalue weighted by molar-refractivity contribution is 0.108. The van der Waals surface area contributed by atoms with E-state index in [1.807, 2.05) is 24.3 Å². The lowest BCUT2D eigenvalue weighted by atomic mass is 10.1. The molecule has 1 aromatic carbocycles. The zero-order chi connectivity index (χ0) is 15.3. The van der Waals surface area contributed by atoms with Crippen molar-refractivity contribution in [2.75, 3.05) is 12.9 Å². The van der Waals surface area contributed by atoms with Gasteiger partial charge in [-0.15, -0.1) is 0 Å². The van der Waals surface area contributed by atoms with Crippen molar-refractivity contribution in [2.24, 2.45) is 0 Å². The molecular weight excluding hydrogens is 280 g/mol. The summed E-state index contributed by atoms with van der Waals surface area (Å²) in [4.78, 5) is 12.0. The van der Waals surface area contributed by atoms with Crippen LogP contribution in [0.3, 0.4) is 0 Å². The van der Waals surface area contributed by atoms with E-state index in [0.29, 0.717) is 0 Å². The Labute approximate surface area is 133 Å². The molecule has 0 atom stereocenters. The van der Waals surface area contributed by atoms with Gasteiger partial charge in [0, 0.05) is 11.3 Å². The molecular formula is C18H28O2S. The van der Waals surface area contributed by atoms with Gasteiger partial charge in [0.15, 0.2) is 0 Å². The summed E-state index contributed by atoms with van der Waals surface area (Å²) < 4.78 is 5.09. The standard InChI is InChI=1S/C18H28O2S/c1-3-4-5-6-7-8-9-10-15-21-18(19)16-11-13-17(20-2)14-12-16/h11-14H,3-10,15H2,1-2H3. The van der Waals surface area contributed by atoms with Crippen LogP contribution in [-0.2, 0) is 0 Å². The summed E-state index contributed by atoms with van der Waals surface area (Å²) in [7, 11) is 1.63. The number of hydrogen-bond donors (Lipinski definition) is 0. The van der Waals surface area contributed by atoms with E-state index in [2.05, 4.69) is 6.92 Å². The molecule has 0 fully saturated rings. The Morgan fingerprint density at radius 3 is 2.10 bits per heavy atom. The van der Waals surface area contributed by atoms with E-state index in [1.165, 1.54) is 56.7 Å². The zero-order valence-corrected chi connectivity index (χ0v) is 14.2. The van der Waals surface area contributed by atoms with Gasteiger partial charge in [-0.25, -0.2) is 0 Å². The van der Waals surface area contributed by atoms with Gasteiger partial charge in [0.1, 0.15) is 5.75 Å². The van der Waals surface area contributed by atoms with Gasteiger partial charge < -0.3 is 4.74 Å². The molecule has 0 aliphatic rings. The van der Waals surface area contributed by atoms with E-state index in [9.17, 15) is 4.79 Å². The van der Waals surface area contributed by atoms with Gasteiger partial charge in [0.25, 0.3) is 0 Å². The highest BCUT2D eigenvalue weighted by atomic mass is 32.2. The maximum absolute atomic E-state index is 12.0. The van der Waals surface area contributed by atoms with Crippen LogP contribution in [0.15, 0.2) is 24.3 Å². The predicted octanol–water partition coefficient (Wildman–Crippen LogP) is 5.71. The quantitative estimate of drug-likeness (QED) is 0.490. The molecule has 21 heavy (non-hydrogen) atoms. The van der Waals surface area contributed by atoms with E-state index in [1.54, 1.807) is 7.11 Å². The molecule has 1 aromatic rings. The smallest absolute Gasteiger partial charge is 0.219 e. The molecule has 0 saturated carbocycles. The fraction of sp³-hybridized carbons (Fsp3) is 0.611. The minimum atomic E-state index is 0.167. The average molecular weight is 308 g/mol. The molecule has 0 saturated heterocycles. The topological polar surface area (TPSA) is 26.3 Å². The molecule has 0 bridgehead atoms. The van der Waals surface area contributed by atoms with Crippen molar-refractivity contribution in [3.63, 3.8) is 0 Å².